The summed E-state index contributed by atoms with van der Waals surface area (Å²) in [6, 6.07) is 7.47. The zero-order valence-electron chi connectivity index (χ0n) is 20.6. The Labute approximate surface area is 231 Å². The Hall–Kier alpha value is -7.19. The molecule has 0 unspecified atom stereocenters. The van der Waals surface area contributed by atoms with Crippen LogP contribution in [0.25, 0.3) is 16.7 Å². The first-order valence-corrected chi connectivity index (χ1v) is 11.7. The van der Waals surface area contributed by atoms with Crippen LogP contribution in [0.4, 0.5) is 0 Å². The molecule has 0 atom stereocenters. The van der Waals surface area contributed by atoms with E-state index in [0.29, 0.717) is 0 Å². The van der Waals surface area contributed by atoms with Gasteiger partial charge in [0.05, 0.1) is 11.4 Å². The fraction of sp³-hybridized carbons (Fsp3) is 0. The van der Waals surface area contributed by atoms with Gasteiger partial charge in [-0.2, -0.15) is 15.8 Å². The second kappa shape index (κ2) is 9.53. The normalized spacial score (nSPS) is 13.2. The maximum atomic E-state index is 10.2. The Morgan fingerprint density at radius 1 is 0.429 bits per heavy atom. The summed E-state index contributed by atoms with van der Waals surface area (Å²) in [6.45, 7) is 0. The lowest BCUT2D eigenvalue weighted by Crippen LogP contribution is -2.27. The average Bonchev–Trinajstić information content (AvgIpc) is 3.75. The highest BCUT2D eigenvalue weighted by atomic mass is 15.1. The summed E-state index contributed by atoms with van der Waals surface area (Å²) in [7, 11) is 0. The van der Waals surface area contributed by atoms with Crippen molar-refractivity contribution in [2.45, 2.75) is 0 Å². The fourth-order valence-electron chi connectivity index (χ4n) is 3.91. The summed E-state index contributed by atoms with van der Waals surface area (Å²) in [5, 5.41) is 30.5. The second-order valence-corrected chi connectivity index (χ2v) is 8.17. The molecule has 0 amide bonds. The van der Waals surface area contributed by atoms with Crippen molar-refractivity contribution in [1.82, 2.24) is 39.9 Å². The van der Waals surface area contributed by atoms with E-state index in [0.717, 1.165) is 0 Å². The summed E-state index contributed by atoms with van der Waals surface area (Å²) < 4.78 is 0. The van der Waals surface area contributed by atoms with Crippen molar-refractivity contribution in [2.75, 3.05) is 0 Å². The second-order valence-electron chi connectivity index (χ2n) is 8.17. The lowest BCUT2D eigenvalue weighted by atomic mass is 10.1. The van der Waals surface area contributed by atoms with Gasteiger partial charge in [0, 0.05) is 37.2 Å². The van der Waals surface area contributed by atoms with E-state index in [1.165, 1.54) is 43.2 Å². The van der Waals surface area contributed by atoms with Gasteiger partial charge in [0.15, 0.2) is 56.2 Å². The molecule has 0 aromatic carbocycles. The number of nitrogens with zero attached hydrogens (tertiary/aromatic N) is 17. The van der Waals surface area contributed by atoms with E-state index in [2.05, 4.69) is 69.8 Å². The number of allylic oxidation sites excluding steroid dienone is 3. The van der Waals surface area contributed by atoms with Crippen LogP contribution in [0.2, 0.25) is 0 Å². The van der Waals surface area contributed by atoms with Crippen molar-refractivity contribution in [3.05, 3.63) is 111 Å². The van der Waals surface area contributed by atoms with Crippen molar-refractivity contribution in [3.63, 3.8) is 0 Å². The lowest BCUT2D eigenvalue weighted by molar-refractivity contribution is 1.04. The highest BCUT2D eigenvalue weighted by Crippen LogP contribution is 2.27. The molecule has 0 radical (unpaired) electrons. The number of fused-ring (bicyclic) bond motifs is 3. The Bertz CT molecular complexity index is 2100. The topological polar surface area (TPSA) is 249 Å². The molecule has 0 N–H and O–H groups in total. The molecule has 0 aliphatic carbocycles. The van der Waals surface area contributed by atoms with Gasteiger partial charge in [-0.1, -0.05) is 0 Å². The fourth-order valence-corrected chi connectivity index (χ4v) is 3.91. The minimum absolute atomic E-state index is 0.00646. The van der Waals surface area contributed by atoms with E-state index in [1.807, 2.05) is 18.2 Å². The van der Waals surface area contributed by atoms with Crippen LogP contribution < -0.4 is 32.9 Å². The smallest absolute Gasteiger partial charge is 0.199 e. The number of aromatic nitrogens is 8. The first-order valence-electron chi connectivity index (χ1n) is 11.7. The van der Waals surface area contributed by atoms with Gasteiger partial charge in [0.1, 0.15) is 34.9 Å². The van der Waals surface area contributed by atoms with E-state index in [1.54, 1.807) is 0 Å². The minimum atomic E-state index is -0.194. The Balaban J connectivity index is 1.50. The van der Waals surface area contributed by atoms with E-state index >= 15 is 0 Å². The molecule has 7 heterocycles. The van der Waals surface area contributed by atoms with E-state index in [4.69, 9.17) is 0 Å². The summed E-state index contributed by atoms with van der Waals surface area (Å²) >= 11 is 0. The number of hydrogen-bond acceptors (Lipinski definition) is 17. The van der Waals surface area contributed by atoms with Crippen LogP contribution in [-0.2, 0) is 0 Å². The molecule has 7 rings (SSSR count). The predicted molar refractivity (Wildman–Crippen MR) is 133 cm³/mol. The van der Waals surface area contributed by atoms with Crippen molar-refractivity contribution in [1.29, 1.82) is 15.8 Å². The third-order valence-electron chi connectivity index (χ3n) is 5.72. The molecule has 0 saturated carbocycles. The van der Waals surface area contributed by atoms with Gasteiger partial charge in [-0.15, -0.1) is 0 Å². The van der Waals surface area contributed by atoms with Gasteiger partial charge in [-0.05, 0) is 6.07 Å². The molecule has 0 saturated heterocycles. The molecule has 0 fully saturated rings. The van der Waals surface area contributed by atoms with Gasteiger partial charge >= 0.3 is 0 Å². The molecule has 4 aromatic rings. The molecule has 3 aliphatic rings. The van der Waals surface area contributed by atoms with Crippen molar-refractivity contribution in [3.8, 4) is 18.2 Å². The predicted octanol–water partition coefficient (Wildman–Crippen LogP) is -2.72. The number of nitriles is 3. The highest BCUT2D eigenvalue weighted by molar-refractivity contribution is 5.84. The molecule has 3 aliphatic heterocycles. The zero-order valence-corrected chi connectivity index (χ0v) is 20.6. The molecule has 17 heteroatoms. The van der Waals surface area contributed by atoms with Crippen LogP contribution in [0.15, 0.2) is 90.7 Å². The Morgan fingerprint density at radius 2 is 0.714 bits per heavy atom. The van der Waals surface area contributed by atoms with Gasteiger partial charge in [-0.25, -0.2) is 69.8 Å². The van der Waals surface area contributed by atoms with Gasteiger partial charge in [0.2, 0.25) is 0 Å². The third-order valence-corrected chi connectivity index (χ3v) is 5.72. The molecule has 192 valence electrons. The summed E-state index contributed by atoms with van der Waals surface area (Å²) in [5.74, 6) is -0.274. The SMILES string of the molecule is N#CC(=C1N=c2nccnc2=N1)c1cc(C(C#N)=C2N=c3nccnc3=N2)nc(C(C#N)=C2N=c3nccnc3=N2)n1. The summed E-state index contributed by atoms with van der Waals surface area (Å²) in [6.07, 6.45) is 8.64. The molecule has 17 nitrogen and oxygen atoms in total. The maximum absolute atomic E-state index is 10.2. The molecule has 42 heavy (non-hydrogen) atoms. The largest absolute Gasteiger partial charge is 0.232 e. The third kappa shape index (κ3) is 3.94. The molecule has 0 spiro atoms. The van der Waals surface area contributed by atoms with E-state index in [9.17, 15) is 15.8 Å². The van der Waals surface area contributed by atoms with Gasteiger partial charge < -0.3 is 0 Å². The quantitative estimate of drug-likeness (QED) is 0.239. The first kappa shape index (κ1) is 23.9. The summed E-state index contributed by atoms with van der Waals surface area (Å²) in [4.78, 5) is 59.3. The monoisotopic (exact) mass is 545 g/mol. The van der Waals surface area contributed by atoms with Crippen molar-refractivity contribution >= 4 is 16.7 Å². The van der Waals surface area contributed by atoms with Crippen LogP contribution in [-0.4, -0.2) is 39.9 Å². The van der Waals surface area contributed by atoms with Crippen molar-refractivity contribution in [2.24, 2.45) is 30.0 Å². The van der Waals surface area contributed by atoms with Crippen LogP contribution in [0.3, 0.4) is 0 Å². The lowest BCUT2D eigenvalue weighted by Gasteiger charge is -2.08. The van der Waals surface area contributed by atoms with Crippen molar-refractivity contribution < 1.29 is 0 Å². The van der Waals surface area contributed by atoms with Crippen LogP contribution in [0.1, 0.15) is 17.2 Å². The molecular formula is C25H7N17. The van der Waals surface area contributed by atoms with E-state index < -0.39 is 0 Å². The minimum Gasteiger partial charge on any atom is -0.232 e. The summed E-state index contributed by atoms with van der Waals surface area (Å²) in [5.41, 5.74) is 0.926. The van der Waals surface area contributed by atoms with Gasteiger partial charge in [0.25, 0.3) is 0 Å². The molecule has 0 bridgehead atoms. The first-order chi connectivity index (χ1) is 20.6. The van der Waals surface area contributed by atoms with Gasteiger partial charge in [-0.3, -0.25) is 0 Å². The average molecular weight is 545 g/mol. The van der Waals surface area contributed by atoms with Crippen LogP contribution in [0, 0.1) is 34.0 Å². The van der Waals surface area contributed by atoms with Crippen LogP contribution in [0.5, 0.6) is 0 Å². The Kier molecular flexibility index (Phi) is 5.42. The number of hydrogen-bond donors (Lipinski definition) is 0. The van der Waals surface area contributed by atoms with Crippen LogP contribution >= 0.6 is 0 Å². The Morgan fingerprint density at radius 3 is 1.00 bits per heavy atom. The molecule has 4 aromatic heterocycles. The molecular weight excluding hydrogens is 538 g/mol. The standard InChI is InChI=1S/C25H7N17/c26-8-11(16-37-20-21(38-16)30-2-1-29-20)14-7-15(12(9-27)17-39-22-23(40-17)32-4-3-31-22)36-18(35-14)13(10-28)19-41-24-25(42-19)34-6-5-33-24/h1-7H. The zero-order chi connectivity index (χ0) is 28.6. The highest BCUT2D eigenvalue weighted by Gasteiger charge is 2.24. The maximum Gasteiger partial charge on any atom is 0.199 e. The number of rotatable bonds is 3. The van der Waals surface area contributed by atoms with E-state index in [-0.39, 0.29) is 84.3 Å².